The molecule has 0 aliphatic heterocycles. The molecule has 0 aromatic rings. The van der Waals surface area contributed by atoms with E-state index in [0.717, 1.165) is 12.0 Å². The third kappa shape index (κ3) is 3.98. The van der Waals surface area contributed by atoms with Crippen LogP contribution in [0.2, 0.25) is 0 Å². The van der Waals surface area contributed by atoms with Crippen LogP contribution in [0.25, 0.3) is 0 Å². The molecule has 2 N–H and O–H groups in total. The Morgan fingerprint density at radius 3 is 2.56 bits per heavy atom. The van der Waals surface area contributed by atoms with Crippen molar-refractivity contribution in [2.45, 2.75) is 20.3 Å². The summed E-state index contributed by atoms with van der Waals surface area (Å²) in [4.78, 5) is 0. The summed E-state index contributed by atoms with van der Waals surface area (Å²) in [6.45, 7) is 8.57. The molecule has 0 saturated heterocycles. The molecule has 0 aliphatic carbocycles. The first kappa shape index (κ1) is 8.44. The molecule has 0 saturated carbocycles. The SMILES string of the molecule is C=C(/C=C(\C)CN)CC. The van der Waals surface area contributed by atoms with Crippen molar-refractivity contribution >= 4 is 0 Å². The normalized spacial score (nSPS) is 11.7. The van der Waals surface area contributed by atoms with E-state index in [2.05, 4.69) is 13.5 Å². The van der Waals surface area contributed by atoms with Gasteiger partial charge in [-0.15, -0.1) is 0 Å². The summed E-state index contributed by atoms with van der Waals surface area (Å²) in [6.07, 6.45) is 3.05. The topological polar surface area (TPSA) is 26.0 Å². The molecule has 0 bridgehead atoms. The quantitative estimate of drug-likeness (QED) is 0.572. The average Bonchev–Trinajstić information content (AvgIpc) is 1.87. The second-order valence-corrected chi connectivity index (χ2v) is 2.21. The Balaban J connectivity index is 3.79. The molecule has 0 rings (SSSR count). The predicted molar refractivity (Wildman–Crippen MR) is 42.2 cm³/mol. The van der Waals surface area contributed by atoms with Crippen LogP contribution in [0.4, 0.5) is 0 Å². The molecule has 1 nitrogen and oxygen atoms in total. The fourth-order valence-electron chi connectivity index (χ4n) is 0.509. The summed E-state index contributed by atoms with van der Waals surface area (Å²) in [6, 6.07) is 0. The van der Waals surface area contributed by atoms with Crippen LogP contribution in [0.3, 0.4) is 0 Å². The van der Waals surface area contributed by atoms with Gasteiger partial charge in [0.1, 0.15) is 0 Å². The molecule has 0 aromatic carbocycles. The maximum absolute atomic E-state index is 5.37. The molecule has 0 unspecified atom stereocenters. The lowest BCUT2D eigenvalue weighted by atomic mass is 10.1. The zero-order chi connectivity index (χ0) is 7.28. The summed E-state index contributed by atoms with van der Waals surface area (Å²) >= 11 is 0. The van der Waals surface area contributed by atoms with Crippen LogP contribution in [0.15, 0.2) is 23.8 Å². The van der Waals surface area contributed by atoms with Crippen molar-refractivity contribution in [2.75, 3.05) is 6.54 Å². The van der Waals surface area contributed by atoms with E-state index in [1.54, 1.807) is 0 Å². The lowest BCUT2D eigenvalue weighted by molar-refractivity contribution is 1.10. The molecule has 0 amide bonds. The summed E-state index contributed by atoms with van der Waals surface area (Å²) < 4.78 is 0. The van der Waals surface area contributed by atoms with Gasteiger partial charge in [-0.05, 0) is 13.3 Å². The van der Waals surface area contributed by atoms with Gasteiger partial charge in [0, 0.05) is 6.54 Å². The van der Waals surface area contributed by atoms with Crippen molar-refractivity contribution in [3.05, 3.63) is 23.8 Å². The van der Waals surface area contributed by atoms with Crippen LogP contribution < -0.4 is 5.73 Å². The van der Waals surface area contributed by atoms with Crippen molar-refractivity contribution in [1.82, 2.24) is 0 Å². The second kappa shape index (κ2) is 4.33. The van der Waals surface area contributed by atoms with Gasteiger partial charge >= 0.3 is 0 Å². The highest BCUT2D eigenvalue weighted by molar-refractivity contribution is 5.19. The second-order valence-electron chi connectivity index (χ2n) is 2.21. The zero-order valence-corrected chi connectivity index (χ0v) is 6.28. The van der Waals surface area contributed by atoms with Crippen molar-refractivity contribution in [2.24, 2.45) is 5.73 Å². The van der Waals surface area contributed by atoms with Crippen LogP contribution >= 0.6 is 0 Å². The van der Waals surface area contributed by atoms with E-state index >= 15 is 0 Å². The summed E-state index contributed by atoms with van der Waals surface area (Å²) in [5.74, 6) is 0. The highest BCUT2D eigenvalue weighted by atomic mass is 14.5. The Morgan fingerprint density at radius 1 is 1.67 bits per heavy atom. The number of allylic oxidation sites excluding steroid dienone is 2. The average molecular weight is 125 g/mol. The summed E-state index contributed by atoms with van der Waals surface area (Å²) in [5.41, 5.74) is 7.71. The van der Waals surface area contributed by atoms with Crippen LogP contribution in [-0.2, 0) is 0 Å². The van der Waals surface area contributed by atoms with Crippen molar-refractivity contribution in [1.29, 1.82) is 0 Å². The fraction of sp³-hybridized carbons (Fsp3) is 0.500. The molecule has 0 aromatic heterocycles. The molecule has 52 valence electrons. The van der Waals surface area contributed by atoms with Gasteiger partial charge in [-0.1, -0.05) is 30.7 Å². The van der Waals surface area contributed by atoms with Gasteiger partial charge in [0.2, 0.25) is 0 Å². The van der Waals surface area contributed by atoms with E-state index in [-0.39, 0.29) is 0 Å². The number of hydrogen-bond donors (Lipinski definition) is 1. The monoisotopic (exact) mass is 125 g/mol. The van der Waals surface area contributed by atoms with Gasteiger partial charge in [-0.3, -0.25) is 0 Å². The molecule has 9 heavy (non-hydrogen) atoms. The van der Waals surface area contributed by atoms with Gasteiger partial charge in [0.25, 0.3) is 0 Å². The summed E-state index contributed by atoms with van der Waals surface area (Å²) in [5, 5.41) is 0. The minimum Gasteiger partial charge on any atom is -0.327 e. The zero-order valence-electron chi connectivity index (χ0n) is 6.28. The Labute approximate surface area is 57.3 Å². The molecule has 0 fully saturated rings. The highest BCUT2D eigenvalue weighted by Gasteiger charge is 1.85. The molecular weight excluding hydrogens is 110 g/mol. The van der Waals surface area contributed by atoms with E-state index in [4.69, 9.17) is 5.73 Å². The first-order valence-electron chi connectivity index (χ1n) is 3.25. The molecule has 0 aliphatic rings. The number of hydrogen-bond acceptors (Lipinski definition) is 1. The number of nitrogens with two attached hydrogens (primary N) is 1. The van der Waals surface area contributed by atoms with Gasteiger partial charge < -0.3 is 5.73 Å². The maximum atomic E-state index is 5.37. The number of rotatable bonds is 3. The van der Waals surface area contributed by atoms with Crippen LogP contribution in [0.5, 0.6) is 0 Å². The first-order chi connectivity index (χ1) is 4.20. The lowest BCUT2D eigenvalue weighted by Gasteiger charge is -1.95. The van der Waals surface area contributed by atoms with Crippen LogP contribution in [0, 0.1) is 0 Å². The third-order valence-corrected chi connectivity index (χ3v) is 1.23. The van der Waals surface area contributed by atoms with E-state index < -0.39 is 0 Å². The van der Waals surface area contributed by atoms with E-state index in [9.17, 15) is 0 Å². The predicted octanol–water partition coefficient (Wildman–Crippen LogP) is 1.86. The third-order valence-electron chi connectivity index (χ3n) is 1.23. The van der Waals surface area contributed by atoms with E-state index in [1.165, 1.54) is 5.57 Å². The molecule has 1 heteroatoms. The Hall–Kier alpha value is -0.560. The Kier molecular flexibility index (Phi) is 4.06. The van der Waals surface area contributed by atoms with Gasteiger partial charge in [-0.25, -0.2) is 0 Å². The van der Waals surface area contributed by atoms with Gasteiger partial charge in [0.15, 0.2) is 0 Å². The van der Waals surface area contributed by atoms with E-state index in [0.29, 0.717) is 6.54 Å². The van der Waals surface area contributed by atoms with Gasteiger partial charge in [0.05, 0.1) is 0 Å². The molecular formula is C8H15N. The molecule has 0 heterocycles. The standard InChI is InChI=1S/C8H15N/c1-4-7(2)5-8(3)6-9/h5H,2,4,6,9H2,1,3H3/b8-5+. The minimum atomic E-state index is 0.638. The van der Waals surface area contributed by atoms with Crippen molar-refractivity contribution in [3.63, 3.8) is 0 Å². The summed E-state index contributed by atoms with van der Waals surface area (Å²) in [7, 11) is 0. The Morgan fingerprint density at radius 2 is 2.22 bits per heavy atom. The molecule has 0 spiro atoms. The van der Waals surface area contributed by atoms with Crippen molar-refractivity contribution in [3.8, 4) is 0 Å². The molecule has 0 atom stereocenters. The van der Waals surface area contributed by atoms with E-state index in [1.807, 2.05) is 13.0 Å². The van der Waals surface area contributed by atoms with Gasteiger partial charge in [-0.2, -0.15) is 0 Å². The first-order valence-corrected chi connectivity index (χ1v) is 3.25. The minimum absolute atomic E-state index is 0.638. The van der Waals surface area contributed by atoms with Crippen LogP contribution in [0.1, 0.15) is 20.3 Å². The fourth-order valence-corrected chi connectivity index (χ4v) is 0.509. The molecule has 0 radical (unpaired) electrons. The Bertz CT molecular complexity index is 123. The largest absolute Gasteiger partial charge is 0.327 e. The lowest BCUT2D eigenvalue weighted by Crippen LogP contribution is -1.99. The highest BCUT2D eigenvalue weighted by Crippen LogP contribution is 2.01. The smallest absolute Gasteiger partial charge is 0.0137 e. The van der Waals surface area contributed by atoms with Crippen LogP contribution in [-0.4, -0.2) is 6.54 Å². The maximum Gasteiger partial charge on any atom is 0.0137 e. The van der Waals surface area contributed by atoms with Crippen molar-refractivity contribution < 1.29 is 0 Å².